The number of hydrogen-bond acceptors (Lipinski definition) is 2. The molecule has 1 heterocycles. The minimum absolute atomic E-state index is 0.898. The summed E-state index contributed by atoms with van der Waals surface area (Å²) in [6, 6.07) is 0. The van der Waals surface area contributed by atoms with E-state index in [1.54, 1.807) is 0 Å². The lowest BCUT2D eigenvalue weighted by Crippen LogP contribution is -2.32. The van der Waals surface area contributed by atoms with Crippen LogP contribution in [0.2, 0.25) is 0 Å². The predicted octanol–water partition coefficient (Wildman–Crippen LogP) is 1.67. The Labute approximate surface area is 82.9 Å². The normalized spacial score (nSPS) is 29.3. The smallest absolute Gasteiger partial charge is 0.0109 e. The van der Waals surface area contributed by atoms with Crippen LogP contribution in [0, 0.1) is 5.92 Å². The third-order valence-corrected chi connectivity index (χ3v) is 3.19. The van der Waals surface area contributed by atoms with E-state index in [9.17, 15) is 0 Å². The monoisotopic (exact) mass is 184 g/mol. The fraction of sp³-hybridized carbons (Fsp3) is 1.00. The highest BCUT2D eigenvalue weighted by Gasteiger charge is 2.11. The number of nitrogens with zero attached hydrogens (tertiary/aromatic N) is 2. The molecule has 0 amide bonds. The molecule has 0 aromatic heterocycles. The van der Waals surface area contributed by atoms with Crippen molar-refractivity contribution in [1.82, 2.24) is 9.80 Å². The summed E-state index contributed by atoms with van der Waals surface area (Å²) in [5, 5.41) is 0. The molecule has 1 unspecified atom stereocenters. The molecule has 1 rings (SSSR count). The van der Waals surface area contributed by atoms with Gasteiger partial charge < -0.3 is 9.80 Å². The Morgan fingerprint density at radius 1 is 1.08 bits per heavy atom. The standard InChI is InChI=1S/C11H24N2/c1-4-13-8-6-11(2)5-7-12(3)9-10-13/h11H,4-10H2,1-3H3. The highest BCUT2D eigenvalue weighted by atomic mass is 15.2. The maximum atomic E-state index is 2.57. The van der Waals surface area contributed by atoms with Gasteiger partial charge in [-0.2, -0.15) is 0 Å². The molecule has 1 aliphatic heterocycles. The van der Waals surface area contributed by atoms with Gasteiger partial charge in [0.15, 0.2) is 0 Å². The van der Waals surface area contributed by atoms with Gasteiger partial charge in [-0.25, -0.2) is 0 Å². The molecule has 1 saturated heterocycles. The van der Waals surface area contributed by atoms with Crippen LogP contribution >= 0.6 is 0 Å². The van der Waals surface area contributed by atoms with Crippen molar-refractivity contribution in [3.8, 4) is 0 Å². The van der Waals surface area contributed by atoms with Crippen LogP contribution in [0.1, 0.15) is 26.7 Å². The third-order valence-electron chi connectivity index (χ3n) is 3.19. The van der Waals surface area contributed by atoms with Gasteiger partial charge in [0.25, 0.3) is 0 Å². The maximum absolute atomic E-state index is 2.57. The van der Waals surface area contributed by atoms with Gasteiger partial charge in [-0.1, -0.05) is 13.8 Å². The van der Waals surface area contributed by atoms with E-state index in [-0.39, 0.29) is 0 Å². The van der Waals surface area contributed by atoms with E-state index >= 15 is 0 Å². The molecule has 2 nitrogen and oxygen atoms in total. The van der Waals surface area contributed by atoms with Crippen LogP contribution in [0.15, 0.2) is 0 Å². The van der Waals surface area contributed by atoms with Crippen LogP contribution in [-0.4, -0.2) is 49.6 Å². The lowest BCUT2D eigenvalue weighted by molar-refractivity contribution is 0.245. The molecule has 0 aliphatic carbocycles. The summed E-state index contributed by atoms with van der Waals surface area (Å²) < 4.78 is 0. The van der Waals surface area contributed by atoms with Crippen molar-refractivity contribution >= 4 is 0 Å². The summed E-state index contributed by atoms with van der Waals surface area (Å²) in [6.45, 7) is 10.9. The molecular weight excluding hydrogens is 160 g/mol. The van der Waals surface area contributed by atoms with E-state index in [0.29, 0.717) is 0 Å². The van der Waals surface area contributed by atoms with Crippen LogP contribution in [0.25, 0.3) is 0 Å². The molecular formula is C11H24N2. The molecule has 0 aromatic rings. The molecule has 0 spiro atoms. The predicted molar refractivity (Wildman–Crippen MR) is 58.0 cm³/mol. The second-order valence-electron chi connectivity index (χ2n) is 4.42. The first kappa shape index (κ1) is 11.0. The first-order valence-corrected chi connectivity index (χ1v) is 5.63. The van der Waals surface area contributed by atoms with Gasteiger partial charge in [-0.05, 0) is 45.4 Å². The summed E-state index contributed by atoms with van der Waals surface area (Å²) in [5.74, 6) is 0.898. The van der Waals surface area contributed by atoms with Crippen molar-refractivity contribution in [1.29, 1.82) is 0 Å². The number of rotatable bonds is 1. The van der Waals surface area contributed by atoms with E-state index < -0.39 is 0 Å². The molecule has 1 aliphatic rings. The average molecular weight is 184 g/mol. The van der Waals surface area contributed by atoms with E-state index in [2.05, 4.69) is 30.7 Å². The molecule has 0 N–H and O–H groups in total. The lowest BCUT2D eigenvalue weighted by atomic mass is 10.0. The second kappa shape index (κ2) is 5.61. The van der Waals surface area contributed by atoms with Crippen molar-refractivity contribution in [2.24, 2.45) is 5.92 Å². The largest absolute Gasteiger partial charge is 0.305 e. The quantitative estimate of drug-likeness (QED) is 0.611. The first-order valence-electron chi connectivity index (χ1n) is 5.63. The summed E-state index contributed by atoms with van der Waals surface area (Å²) in [7, 11) is 2.24. The Hall–Kier alpha value is -0.0800. The Morgan fingerprint density at radius 3 is 2.46 bits per heavy atom. The Bertz CT molecular complexity index is 122. The van der Waals surface area contributed by atoms with Crippen LogP contribution in [0.3, 0.4) is 0 Å². The van der Waals surface area contributed by atoms with E-state index in [1.165, 1.54) is 45.6 Å². The minimum atomic E-state index is 0.898. The van der Waals surface area contributed by atoms with Crippen molar-refractivity contribution < 1.29 is 0 Å². The molecule has 2 heteroatoms. The SMILES string of the molecule is CCN1CCC(C)CCN(C)CC1. The molecule has 0 saturated carbocycles. The summed E-state index contributed by atoms with van der Waals surface area (Å²) in [6.07, 6.45) is 2.75. The van der Waals surface area contributed by atoms with Crippen LogP contribution in [0.5, 0.6) is 0 Å². The zero-order valence-electron chi connectivity index (χ0n) is 9.42. The van der Waals surface area contributed by atoms with Gasteiger partial charge in [0.2, 0.25) is 0 Å². The van der Waals surface area contributed by atoms with Gasteiger partial charge >= 0.3 is 0 Å². The Kier molecular flexibility index (Phi) is 4.74. The van der Waals surface area contributed by atoms with E-state index in [0.717, 1.165) is 5.92 Å². The highest BCUT2D eigenvalue weighted by Crippen LogP contribution is 2.11. The van der Waals surface area contributed by atoms with Crippen molar-refractivity contribution in [2.75, 3.05) is 39.8 Å². The Morgan fingerprint density at radius 2 is 1.77 bits per heavy atom. The number of likely N-dealkylation sites (N-methyl/N-ethyl adjacent to an activating group) is 2. The van der Waals surface area contributed by atoms with Gasteiger partial charge in [0.05, 0.1) is 0 Å². The van der Waals surface area contributed by atoms with E-state index in [4.69, 9.17) is 0 Å². The molecule has 0 aromatic carbocycles. The topological polar surface area (TPSA) is 6.48 Å². The summed E-state index contributed by atoms with van der Waals surface area (Å²) >= 11 is 0. The van der Waals surface area contributed by atoms with Crippen LogP contribution < -0.4 is 0 Å². The molecule has 13 heavy (non-hydrogen) atoms. The van der Waals surface area contributed by atoms with Crippen LogP contribution in [0.4, 0.5) is 0 Å². The molecule has 78 valence electrons. The zero-order chi connectivity index (χ0) is 9.68. The summed E-state index contributed by atoms with van der Waals surface area (Å²) in [4.78, 5) is 5.03. The molecule has 0 radical (unpaired) electrons. The van der Waals surface area contributed by atoms with Gasteiger partial charge in [-0.15, -0.1) is 0 Å². The van der Waals surface area contributed by atoms with Crippen LogP contribution in [-0.2, 0) is 0 Å². The minimum Gasteiger partial charge on any atom is -0.305 e. The molecule has 1 atom stereocenters. The van der Waals surface area contributed by atoms with Gasteiger partial charge in [0, 0.05) is 13.1 Å². The lowest BCUT2D eigenvalue weighted by Gasteiger charge is -2.21. The van der Waals surface area contributed by atoms with Gasteiger partial charge in [-0.3, -0.25) is 0 Å². The van der Waals surface area contributed by atoms with Crippen molar-refractivity contribution in [3.63, 3.8) is 0 Å². The first-order chi connectivity index (χ1) is 6.22. The zero-order valence-corrected chi connectivity index (χ0v) is 9.42. The fourth-order valence-electron chi connectivity index (χ4n) is 1.84. The van der Waals surface area contributed by atoms with Crippen molar-refractivity contribution in [2.45, 2.75) is 26.7 Å². The average Bonchev–Trinajstić information content (AvgIpc) is 2.20. The number of hydrogen-bond donors (Lipinski definition) is 0. The molecule has 0 bridgehead atoms. The second-order valence-corrected chi connectivity index (χ2v) is 4.42. The summed E-state index contributed by atoms with van der Waals surface area (Å²) in [5.41, 5.74) is 0. The Balaban J connectivity index is 2.39. The molecule has 1 fully saturated rings. The fourth-order valence-corrected chi connectivity index (χ4v) is 1.84. The van der Waals surface area contributed by atoms with Crippen molar-refractivity contribution in [3.05, 3.63) is 0 Å². The third kappa shape index (κ3) is 4.10. The van der Waals surface area contributed by atoms with E-state index in [1.807, 2.05) is 0 Å². The maximum Gasteiger partial charge on any atom is 0.0109 e. The highest BCUT2D eigenvalue weighted by molar-refractivity contribution is 4.66. The van der Waals surface area contributed by atoms with Gasteiger partial charge in [0.1, 0.15) is 0 Å².